The predicted molar refractivity (Wildman–Crippen MR) is 160 cm³/mol. The molecule has 41 heavy (non-hydrogen) atoms. The van der Waals surface area contributed by atoms with Crippen molar-refractivity contribution in [2.75, 3.05) is 30.9 Å². The first-order valence-corrected chi connectivity index (χ1v) is 13.8. The van der Waals surface area contributed by atoms with Gasteiger partial charge in [-0.05, 0) is 90.7 Å². The fourth-order valence-corrected chi connectivity index (χ4v) is 4.90. The summed E-state index contributed by atoms with van der Waals surface area (Å²) in [6.45, 7) is 5.26. The zero-order chi connectivity index (χ0) is 29.5. The molecule has 0 unspecified atom stereocenters. The number of methoxy groups -OCH3 is 1. The van der Waals surface area contributed by atoms with Crippen molar-refractivity contribution in [2.45, 2.75) is 27.2 Å². The van der Waals surface area contributed by atoms with Crippen molar-refractivity contribution in [1.82, 2.24) is 4.90 Å². The maximum absolute atomic E-state index is 12.9. The highest BCUT2D eigenvalue weighted by atomic mass is 32.2. The van der Waals surface area contributed by atoms with Crippen LogP contribution < -0.4 is 20.1 Å². The maximum Gasteiger partial charge on any atom is 0.294 e. The topological polar surface area (TPSA) is 114 Å². The van der Waals surface area contributed by atoms with Crippen molar-refractivity contribution in [3.63, 3.8) is 0 Å². The molecule has 1 aliphatic rings. The maximum atomic E-state index is 12.9. The fraction of sp³-hybridized carbons (Fsp3) is 0.226. The second-order valence-corrected chi connectivity index (χ2v) is 10.4. The lowest BCUT2D eigenvalue weighted by Gasteiger charge is -2.14. The van der Waals surface area contributed by atoms with E-state index in [1.807, 2.05) is 50.2 Å². The quantitative estimate of drug-likeness (QED) is 0.305. The van der Waals surface area contributed by atoms with Crippen molar-refractivity contribution < 1.29 is 28.7 Å². The van der Waals surface area contributed by atoms with Crippen LogP contribution >= 0.6 is 11.8 Å². The average molecular weight is 574 g/mol. The van der Waals surface area contributed by atoms with Crippen LogP contribution in [0.3, 0.4) is 0 Å². The lowest BCUT2D eigenvalue weighted by Crippen LogP contribution is -2.36. The van der Waals surface area contributed by atoms with E-state index in [4.69, 9.17) is 9.47 Å². The summed E-state index contributed by atoms with van der Waals surface area (Å²) in [5.74, 6) is -0.648. The van der Waals surface area contributed by atoms with E-state index in [2.05, 4.69) is 17.6 Å². The van der Waals surface area contributed by atoms with Crippen molar-refractivity contribution >= 4 is 52.2 Å². The summed E-state index contributed by atoms with van der Waals surface area (Å²) in [4.78, 5) is 51.5. The second kappa shape index (κ2) is 13.2. The molecular weight excluding hydrogens is 542 g/mol. The van der Waals surface area contributed by atoms with Gasteiger partial charge in [-0.15, -0.1) is 0 Å². The summed E-state index contributed by atoms with van der Waals surface area (Å²) < 4.78 is 11.1. The molecule has 0 aliphatic carbocycles. The first kappa shape index (κ1) is 29.4. The van der Waals surface area contributed by atoms with Crippen LogP contribution in [-0.2, 0) is 20.8 Å². The number of nitrogens with zero attached hydrogens (tertiary/aromatic N) is 1. The van der Waals surface area contributed by atoms with Gasteiger partial charge in [-0.25, -0.2) is 0 Å². The van der Waals surface area contributed by atoms with Gasteiger partial charge in [0.05, 0.1) is 12.0 Å². The molecule has 4 rings (SSSR count). The van der Waals surface area contributed by atoms with Crippen LogP contribution in [0.1, 0.15) is 29.2 Å². The molecule has 0 atom stereocenters. The van der Waals surface area contributed by atoms with Crippen LogP contribution in [0.15, 0.2) is 65.6 Å². The van der Waals surface area contributed by atoms with Gasteiger partial charge in [0, 0.05) is 11.4 Å². The number of carbonyl (C=O) groups excluding carboxylic acids is 4. The van der Waals surface area contributed by atoms with Gasteiger partial charge in [0.1, 0.15) is 6.54 Å². The molecule has 1 fully saturated rings. The highest BCUT2D eigenvalue weighted by molar-refractivity contribution is 8.18. The minimum Gasteiger partial charge on any atom is -0.493 e. The van der Waals surface area contributed by atoms with E-state index in [1.54, 1.807) is 30.3 Å². The molecule has 0 spiro atoms. The van der Waals surface area contributed by atoms with Crippen molar-refractivity contribution in [1.29, 1.82) is 0 Å². The fourth-order valence-electron chi connectivity index (χ4n) is 4.06. The lowest BCUT2D eigenvalue weighted by molar-refractivity contribution is -0.127. The van der Waals surface area contributed by atoms with E-state index < -0.39 is 23.6 Å². The summed E-state index contributed by atoms with van der Waals surface area (Å²) in [6, 6.07) is 18.1. The third-order valence-corrected chi connectivity index (χ3v) is 7.45. The number of carbonyl (C=O) groups is 4. The summed E-state index contributed by atoms with van der Waals surface area (Å²) in [6.07, 6.45) is 2.46. The molecule has 1 aliphatic heterocycles. The minimum absolute atomic E-state index is 0.179. The van der Waals surface area contributed by atoms with E-state index in [-0.39, 0.29) is 17.4 Å². The second-order valence-electron chi connectivity index (χ2n) is 9.36. The third kappa shape index (κ3) is 7.34. The van der Waals surface area contributed by atoms with Gasteiger partial charge >= 0.3 is 0 Å². The molecule has 0 bridgehead atoms. The molecule has 4 amide bonds. The SMILES string of the molecule is CCc1ccc(NC(=O)COc2ccc(/C=C3\SC(=O)N(CC(=O)Nc4cccc(C)c4C)C3=O)cc2OC)cc1. The number of ether oxygens (including phenoxy) is 2. The number of benzene rings is 3. The molecule has 10 heteroatoms. The molecule has 0 radical (unpaired) electrons. The Morgan fingerprint density at radius 3 is 2.41 bits per heavy atom. The van der Waals surface area contributed by atoms with E-state index in [9.17, 15) is 19.2 Å². The van der Waals surface area contributed by atoms with Crippen molar-refractivity contribution in [3.8, 4) is 11.5 Å². The Kier molecular flexibility index (Phi) is 9.46. The highest BCUT2D eigenvalue weighted by Gasteiger charge is 2.36. The average Bonchev–Trinajstić information content (AvgIpc) is 3.22. The van der Waals surface area contributed by atoms with Crippen molar-refractivity contribution in [2.24, 2.45) is 0 Å². The highest BCUT2D eigenvalue weighted by Crippen LogP contribution is 2.34. The first-order valence-electron chi connectivity index (χ1n) is 13.0. The first-order chi connectivity index (χ1) is 19.7. The molecule has 0 aromatic heterocycles. The van der Waals surface area contributed by atoms with Crippen LogP contribution in [0.4, 0.5) is 16.2 Å². The van der Waals surface area contributed by atoms with Crippen molar-refractivity contribution in [3.05, 3.63) is 87.8 Å². The monoisotopic (exact) mass is 573 g/mol. The predicted octanol–water partition coefficient (Wildman–Crippen LogP) is 5.57. The lowest BCUT2D eigenvalue weighted by atomic mass is 10.1. The van der Waals surface area contributed by atoms with Crippen LogP contribution in [-0.4, -0.2) is 48.1 Å². The van der Waals surface area contributed by atoms with Gasteiger partial charge < -0.3 is 20.1 Å². The van der Waals surface area contributed by atoms with E-state index in [0.717, 1.165) is 34.2 Å². The number of rotatable bonds is 10. The molecule has 0 saturated carbocycles. The Morgan fingerprint density at radius 1 is 0.951 bits per heavy atom. The zero-order valence-corrected chi connectivity index (χ0v) is 24.1. The summed E-state index contributed by atoms with van der Waals surface area (Å²) in [7, 11) is 1.46. The standard InChI is InChI=1S/C31H31N3O6S/c1-5-21-9-12-23(13-10-21)32-29(36)18-40-25-14-11-22(15-26(25)39-4)16-27-30(37)34(31(38)41-27)17-28(35)33-24-8-6-7-19(2)20(24)3/h6-16H,5,17-18H2,1-4H3,(H,32,36)(H,33,35)/b27-16-. The summed E-state index contributed by atoms with van der Waals surface area (Å²) in [5.41, 5.74) is 5.00. The van der Waals surface area contributed by atoms with Gasteiger partial charge in [0.2, 0.25) is 5.91 Å². The summed E-state index contributed by atoms with van der Waals surface area (Å²) in [5, 5.41) is 5.03. The van der Waals surface area contributed by atoms with E-state index >= 15 is 0 Å². The number of hydrogen-bond acceptors (Lipinski definition) is 7. The Bertz CT molecular complexity index is 1520. The number of nitrogens with one attached hydrogen (secondary N) is 2. The van der Waals surface area contributed by atoms with E-state index in [0.29, 0.717) is 28.4 Å². The molecular formula is C31H31N3O6S. The van der Waals surface area contributed by atoms with Gasteiger partial charge in [-0.1, -0.05) is 37.3 Å². The minimum atomic E-state index is -0.556. The normalized spacial score (nSPS) is 13.9. The molecule has 2 N–H and O–H groups in total. The van der Waals surface area contributed by atoms with Gasteiger partial charge in [-0.2, -0.15) is 0 Å². The van der Waals surface area contributed by atoms with Gasteiger partial charge in [0.15, 0.2) is 18.1 Å². The smallest absolute Gasteiger partial charge is 0.294 e. The zero-order valence-electron chi connectivity index (χ0n) is 23.3. The number of imide groups is 1. The van der Waals surface area contributed by atoms with Crippen LogP contribution in [0.25, 0.3) is 6.08 Å². The Balaban J connectivity index is 1.37. The number of hydrogen-bond donors (Lipinski definition) is 2. The van der Waals surface area contributed by atoms with Crippen LogP contribution in [0, 0.1) is 13.8 Å². The summed E-state index contributed by atoms with van der Waals surface area (Å²) >= 11 is 0.759. The molecule has 1 heterocycles. The Labute approximate surface area is 242 Å². The number of aryl methyl sites for hydroxylation is 2. The molecule has 3 aromatic carbocycles. The Hall–Kier alpha value is -4.57. The molecule has 212 valence electrons. The Morgan fingerprint density at radius 2 is 1.71 bits per heavy atom. The number of thioether (sulfide) groups is 1. The number of amides is 4. The third-order valence-electron chi connectivity index (χ3n) is 6.54. The molecule has 1 saturated heterocycles. The van der Waals surface area contributed by atoms with Crippen LogP contribution in [0.5, 0.6) is 11.5 Å². The van der Waals surface area contributed by atoms with Gasteiger partial charge in [-0.3, -0.25) is 24.1 Å². The van der Waals surface area contributed by atoms with Crippen LogP contribution in [0.2, 0.25) is 0 Å². The number of anilines is 2. The molecule has 3 aromatic rings. The van der Waals surface area contributed by atoms with Gasteiger partial charge in [0.25, 0.3) is 17.1 Å². The largest absolute Gasteiger partial charge is 0.493 e. The van der Waals surface area contributed by atoms with E-state index in [1.165, 1.54) is 12.7 Å². The molecule has 9 nitrogen and oxygen atoms in total.